The van der Waals surface area contributed by atoms with Crippen LogP contribution in [0.1, 0.15) is 26.2 Å². The molecule has 2 aromatic heterocycles. The number of carboxylic acid groups (broad SMARTS) is 1. The highest BCUT2D eigenvalue weighted by molar-refractivity contribution is 7.99. The normalized spacial score (nSPS) is 11.0. The Kier molecular flexibility index (Phi) is 5.44. The van der Waals surface area contributed by atoms with E-state index in [0.717, 1.165) is 37.0 Å². The molecule has 0 fully saturated rings. The molecular weight excluding hydrogens is 290 g/mol. The number of pyridine rings is 1. The van der Waals surface area contributed by atoms with Gasteiger partial charge >= 0.3 is 5.97 Å². The van der Waals surface area contributed by atoms with E-state index in [9.17, 15) is 4.79 Å². The summed E-state index contributed by atoms with van der Waals surface area (Å²) < 4.78 is 7.14. The van der Waals surface area contributed by atoms with Crippen LogP contribution in [0, 0.1) is 0 Å². The molecule has 2 aromatic rings. The lowest BCUT2D eigenvalue weighted by molar-refractivity contribution is -0.133. The van der Waals surface area contributed by atoms with Crippen LogP contribution >= 0.6 is 11.8 Å². The van der Waals surface area contributed by atoms with Crippen molar-refractivity contribution >= 4 is 28.9 Å². The number of aryl methyl sites for hydroxylation is 1. The number of hydrogen-bond donors (Lipinski definition) is 1. The largest absolute Gasteiger partial charge is 0.481 e. The molecule has 0 saturated carbocycles. The van der Waals surface area contributed by atoms with Crippen LogP contribution in [0.2, 0.25) is 0 Å². The summed E-state index contributed by atoms with van der Waals surface area (Å²) in [6.07, 6.45) is 3.26. The molecule has 0 aliphatic carbocycles. The lowest BCUT2D eigenvalue weighted by Gasteiger charge is -2.07. The van der Waals surface area contributed by atoms with E-state index in [0.29, 0.717) is 11.0 Å². The summed E-state index contributed by atoms with van der Waals surface area (Å²) in [5.41, 5.74) is 1.51. The molecule has 0 atom stereocenters. The van der Waals surface area contributed by atoms with Crippen LogP contribution in [-0.2, 0) is 11.3 Å². The Morgan fingerprint density at radius 3 is 2.86 bits per heavy atom. The van der Waals surface area contributed by atoms with Gasteiger partial charge < -0.3 is 14.4 Å². The van der Waals surface area contributed by atoms with Gasteiger partial charge in [-0.05, 0) is 12.5 Å². The molecule has 0 aliphatic heterocycles. The molecular formula is C14H19N3O3S. The van der Waals surface area contributed by atoms with E-state index < -0.39 is 5.97 Å². The SMILES string of the molecule is CCCCCn1c(SCC(=O)O)nc2ccc(OC)nc21. The molecule has 1 N–H and O–H groups in total. The topological polar surface area (TPSA) is 77.2 Å². The summed E-state index contributed by atoms with van der Waals surface area (Å²) in [7, 11) is 1.58. The number of aliphatic carboxylic acids is 1. The van der Waals surface area contributed by atoms with Crippen molar-refractivity contribution in [2.75, 3.05) is 12.9 Å². The second-order valence-electron chi connectivity index (χ2n) is 4.63. The molecule has 6 nitrogen and oxygen atoms in total. The van der Waals surface area contributed by atoms with Gasteiger partial charge in [-0.1, -0.05) is 31.5 Å². The van der Waals surface area contributed by atoms with E-state index in [-0.39, 0.29) is 5.75 Å². The number of rotatable bonds is 8. The van der Waals surface area contributed by atoms with Gasteiger partial charge in [-0.2, -0.15) is 4.98 Å². The fourth-order valence-corrected chi connectivity index (χ4v) is 2.78. The Morgan fingerprint density at radius 1 is 1.38 bits per heavy atom. The lowest BCUT2D eigenvalue weighted by atomic mass is 10.2. The predicted molar refractivity (Wildman–Crippen MR) is 82.0 cm³/mol. The third-order valence-electron chi connectivity index (χ3n) is 3.05. The number of carbonyl (C=O) groups is 1. The third kappa shape index (κ3) is 3.87. The number of thioether (sulfide) groups is 1. The fraction of sp³-hybridized carbons (Fsp3) is 0.500. The number of aromatic nitrogens is 3. The lowest BCUT2D eigenvalue weighted by Crippen LogP contribution is -2.04. The molecule has 21 heavy (non-hydrogen) atoms. The van der Waals surface area contributed by atoms with Gasteiger partial charge in [0.25, 0.3) is 0 Å². The molecule has 0 bridgehead atoms. The minimum absolute atomic E-state index is 0.00572. The maximum Gasteiger partial charge on any atom is 0.313 e. The van der Waals surface area contributed by atoms with Crippen LogP contribution in [0.4, 0.5) is 0 Å². The van der Waals surface area contributed by atoms with Crippen LogP contribution in [0.5, 0.6) is 5.88 Å². The molecule has 0 amide bonds. The van der Waals surface area contributed by atoms with Gasteiger partial charge in [-0.15, -0.1) is 0 Å². The molecule has 7 heteroatoms. The summed E-state index contributed by atoms with van der Waals surface area (Å²) in [5.74, 6) is -0.319. The molecule has 0 radical (unpaired) electrons. The average molecular weight is 309 g/mol. The first kappa shape index (κ1) is 15.6. The minimum atomic E-state index is -0.849. The van der Waals surface area contributed by atoms with Crippen molar-refractivity contribution in [2.45, 2.75) is 37.9 Å². The minimum Gasteiger partial charge on any atom is -0.481 e. The van der Waals surface area contributed by atoms with E-state index >= 15 is 0 Å². The zero-order chi connectivity index (χ0) is 15.2. The average Bonchev–Trinajstić information content (AvgIpc) is 2.82. The molecule has 2 heterocycles. The zero-order valence-corrected chi connectivity index (χ0v) is 13.0. The summed E-state index contributed by atoms with van der Waals surface area (Å²) in [6, 6.07) is 3.61. The molecule has 0 spiro atoms. The number of methoxy groups -OCH3 is 1. The number of fused-ring (bicyclic) bond motifs is 1. The summed E-state index contributed by atoms with van der Waals surface area (Å²) in [5, 5.41) is 9.54. The van der Waals surface area contributed by atoms with Crippen LogP contribution in [-0.4, -0.2) is 38.5 Å². The molecule has 2 rings (SSSR count). The quantitative estimate of drug-likeness (QED) is 0.597. The first-order chi connectivity index (χ1) is 10.2. The number of imidazole rings is 1. The van der Waals surface area contributed by atoms with Gasteiger partial charge in [0.05, 0.1) is 12.9 Å². The van der Waals surface area contributed by atoms with E-state index in [1.165, 1.54) is 11.8 Å². The summed E-state index contributed by atoms with van der Waals surface area (Å²) in [4.78, 5) is 19.7. The van der Waals surface area contributed by atoms with Gasteiger partial charge in [0, 0.05) is 12.6 Å². The number of nitrogens with zero attached hydrogens (tertiary/aromatic N) is 3. The number of carboxylic acids is 1. The van der Waals surface area contributed by atoms with E-state index in [1.807, 2.05) is 10.6 Å². The van der Waals surface area contributed by atoms with Crippen molar-refractivity contribution < 1.29 is 14.6 Å². The Hall–Kier alpha value is -1.76. The van der Waals surface area contributed by atoms with Crippen LogP contribution < -0.4 is 4.74 Å². The van der Waals surface area contributed by atoms with Gasteiger partial charge in [0.2, 0.25) is 5.88 Å². The maximum atomic E-state index is 10.8. The second kappa shape index (κ2) is 7.31. The van der Waals surface area contributed by atoms with E-state index in [1.54, 1.807) is 13.2 Å². The van der Waals surface area contributed by atoms with Crippen molar-refractivity contribution in [3.05, 3.63) is 12.1 Å². The highest BCUT2D eigenvalue weighted by Gasteiger charge is 2.14. The van der Waals surface area contributed by atoms with Crippen molar-refractivity contribution in [2.24, 2.45) is 0 Å². The number of unbranched alkanes of at least 4 members (excludes halogenated alkanes) is 2. The molecule has 0 aromatic carbocycles. The standard InChI is InChI=1S/C14H19N3O3S/c1-3-4-5-8-17-13-10(6-7-11(16-13)20-2)15-14(17)21-9-12(18)19/h6-7H,3-5,8-9H2,1-2H3,(H,18,19). The maximum absolute atomic E-state index is 10.8. The van der Waals surface area contributed by atoms with Crippen LogP contribution in [0.15, 0.2) is 17.3 Å². The van der Waals surface area contributed by atoms with Gasteiger partial charge in [-0.25, -0.2) is 4.98 Å². The molecule has 0 aliphatic rings. The van der Waals surface area contributed by atoms with Gasteiger partial charge in [0.1, 0.15) is 5.52 Å². The first-order valence-corrected chi connectivity index (χ1v) is 7.90. The van der Waals surface area contributed by atoms with Crippen molar-refractivity contribution in [1.82, 2.24) is 14.5 Å². The molecule has 0 unspecified atom stereocenters. The Morgan fingerprint density at radius 2 is 2.19 bits per heavy atom. The molecule has 0 saturated heterocycles. The van der Waals surface area contributed by atoms with Crippen molar-refractivity contribution in [3.8, 4) is 5.88 Å². The third-order valence-corrected chi connectivity index (χ3v) is 4.01. The summed E-state index contributed by atoms with van der Waals surface area (Å²) >= 11 is 1.22. The number of hydrogen-bond acceptors (Lipinski definition) is 5. The van der Waals surface area contributed by atoms with Gasteiger partial charge in [0.15, 0.2) is 10.8 Å². The summed E-state index contributed by atoms with van der Waals surface area (Å²) in [6.45, 7) is 2.93. The zero-order valence-electron chi connectivity index (χ0n) is 12.2. The van der Waals surface area contributed by atoms with E-state index in [2.05, 4.69) is 16.9 Å². The molecule has 114 valence electrons. The highest BCUT2D eigenvalue weighted by Crippen LogP contribution is 2.25. The number of ether oxygens (including phenoxy) is 1. The van der Waals surface area contributed by atoms with Crippen molar-refractivity contribution in [1.29, 1.82) is 0 Å². The Balaban J connectivity index is 2.34. The predicted octanol–water partition coefficient (Wildman–Crippen LogP) is 2.81. The van der Waals surface area contributed by atoms with Crippen molar-refractivity contribution in [3.63, 3.8) is 0 Å². The highest BCUT2D eigenvalue weighted by atomic mass is 32.2. The van der Waals surface area contributed by atoms with E-state index in [4.69, 9.17) is 9.84 Å². The Labute approximate surface area is 127 Å². The van der Waals surface area contributed by atoms with Crippen LogP contribution in [0.25, 0.3) is 11.2 Å². The monoisotopic (exact) mass is 309 g/mol. The first-order valence-electron chi connectivity index (χ1n) is 6.91. The van der Waals surface area contributed by atoms with Crippen LogP contribution in [0.3, 0.4) is 0 Å². The fourth-order valence-electron chi connectivity index (χ4n) is 2.04. The Bertz CT molecular complexity index is 627. The van der Waals surface area contributed by atoms with Gasteiger partial charge in [-0.3, -0.25) is 4.79 Å². The second-order valence-corrected chi connectivity index (χ2v) is 5.57. The smallest absolute Gasteiger partial charge is 0.313 e.